The van der Waals surface area contributed by atoms with Gasteiger partial charge in [0.15, 0.2) is 5.58 Å². The van der Waals surface area contributed by atoms with Gasteiger partial charge in [-0.25, -0.2) is 9.97 Å². The van der Waals surface area contributed by atoms with Gasteiger partial charge in [-0.05, 0) is 72.3 Å². The molecule has 4 aromatic carbocycles. The van der Waals surface area contributed by atoms with E-state index in [0.717, 1.165) is 93.9 Å². The maximum Gasteiger partial charge on any atom is 0.227 e. The number of hydrogen-bond acceptors (Lipinski definition) is 7. The average molecular weight is 629 g/mol. The average Bonchev–Trinajstić information content (AvgIpc) is 3.63. The maximum atomic E-state index is 6.24. The highest BCUT2D eigenvalue weighted by Gasteiger charge is 2.18. The molecule has 0 bridgehead atoms. The second-order valence-corrected chi connectivity index (χ2v) is 12.0. The first kappa shape index (κ1) is 27.3. The molecular formula is C42H24N6O. The Labute approximate surface area is 279 Å². The summed E-state index contributed by atoms with van der Waals surface area (Å²) in [6, 6.07) is 40.6. The fourth-order valence-corrected chi connectivity index (χ4v) is 6.76. The highest BCUT2D eigenvalue weighted by Crippen LogP contribution is 2.39. The van der Waals surface area contributed by atoms with Crippen molar-refractivity contribution in [2.75, 3.05) is 0 Å². The van der Waals surface area contributed by atoms with Crippen LogP contribution in [-0.2, 0) is 0 Å². The lowest BCUT2D eigenvalue weighted by molar-refractivity contribution is 0.620. The van der Waals surface area contributed by atoms with E-state index < -0.39 is 0 Å². The van der Waals surface area contributed by atoms with Gasteiger partial charge in [0.05, 0.1) is 33.6 Å². The standard InChI is InChI=1S/C42H24N6O/c1-2-8-25(9-3-1)42-48-41-36(49-42)19-16-31-37(41)30-11-4-5-13-33(30)47-38(31)28-15-18-35(46-24-28)34-17-14-27(23-45-34)32-22-26-10-6-20-43-39(26)40-29(32)12-7-21-44-40/h1-24H. The SMILES string of the molecule is c1ccc(-c2nc3c(ccc4c(-c5ccc(-c6ccc(-c7cc8cccnc8c8ncccc78)cn6)nc5)nc5ccccc5c43)o2)cc1. The summed E-state index contributed by atoms with van der Waals surface area (Å²) in [5.41, 5.74) is 10.5. The topological polar surface area (TPSA) is 90.5 Å². The molecule has 0 amide bonds. The molecule has 228 valence electrons. The summed E-state index contributed by atoms with van der Waals surface area (Å²) in [6.07, 6.45) is 7.39. The number of hydrogen-bond donors (Lipinski definition) is 0. The fraction of sp³-hybridized carbons (Fsp3) is 0. The zero-order chi connectivity index (χ0) is 32.3. The third-order valence-electron chi connectivity index (χ3n) is 9.08. The van der Waals surface area contributed by atoms with E-state index in [1.54, 1.807) is 6.20 Å². The minimum Gasteiger partial charge on any atom is -0.436 e. The van der Waals surface area contributed by atoms with Crippen LogP contribution in [0.25, 0.3) is 99.8 Å². The van der Waals surface area contributed by atoms with Gasteiger partial charge in [-0.1, -0.05) is 54.6 Å². The number of benzene rings is 4. The molecule has 0 spiro atoms. The van der Waals surface area contributed by atoms with Crippen LogP contribution in [-0.4, -0.2) is 29.9 Å². The van der Waals surface area contributed by atoms with Crippen molar-refractivity contribution in [1.82, 2.24) is 29.9 Å². The number of aromatic nitrogens is 6. The van der Waals surface area contributed by atoms with E-state index in [9.17, 15) is 0 Å². The Kier molecular flexibility index (Phi) is 6.04. The molecular weight excluding hydrogens is 605 g/mol. The molecule has 0 saturated heterocycles. The van der Waals surface area contributed by atoms with Gasteiger partial charge in [0, 0.05) is 68.4 Å². The molecule has 0 atom stereocenters. The van der Waals surface area contributed by atoms with E-state index in [1.807, 2.05) is 97.5 Å². The van der Waals surface area contributed by atoms with E-state index in [4.69, 9.17) is 24.4 Å². The lowest BCUT2D eigenvalue weighted by atomic mass is 9.98. The van der Waals surface area contributed by atoms with Gasteiger partial charge in [-0.2, -0.15) is 0 Å². The minimum absolute atomic E-state index is 0.595. The number of pyridine rings is 5. The maximum absolute atomic E-state index is 6.24. The number of nitrogens with zero attached hydrogens (tertiary/aromatic N) is 6. The predicted octanol–water partition coefficient (Wildman–Crippen LogP) is 10.1. The van der Waals surface area contributed by atoms with Crippen LogP contribution in [0, 0.1) is 0 Å². The Hall–Kier alpha value is -6.86. The van der Waals surface area contributed by atoms with Gasteiger partial charge in [-0.15, -0.1) is 0 Å². The molecule has 6 heterocycles. The van der Waals surface area contributed by atoms with Crippen LogP contribution in [0.5, 0.6) is 0 Å². The molecule has 0 unspecified atom stereocenters. The van der Waals surface area contributed by atoms with E-state index in [2.05, 4.69) is 52.4 Å². The molecule has 0 fully saturated rings. The van der Waals surface area contributed by atoms with Crippen molar-refractivity contribution in [3.05, 3.63) is 146 Å². The van der Waals surface area contributed by atoms with Crippen molar-refractivity contribution in [1.29, 1.82) is 0 Å². The van der Waals surface area contributed by atoms with Gasteiger partial charge in [-0.3, -0.25) is 19.9 Å². The molecule has 10 aromatic rings. The summed E-state index contributed by atoms with van der Waals surface area (Å²) in [5.74, 6) is 0.595. The van der Waals surface area contributed by atoms with E-state index in [-0.39, 0.29) is 0 Å². The van der Waals surface area contributed by atoms with Crippen LogP contribution in [0.3, 0.4) is 0 Å². The van der Waals surface area contributed by atoms with Crippen LogP contribution in [0.1, 0.15) is 0 Å². The van der Waals surface area contributed by atoms with Crippen LogP contribution in [0.4, 0.5) is 0 Å². The van der Waals surface area contributed by atoms with E-state index in [1.165, 1.54) is 0 Å². The third-order valence-corrected chi connectivity index (χ3v) is 9.08. The van der Waals surface area contributed by atoms with Crippen LogP contribution >= 0.6 is 0 Å². The quantitative estimate of drug-likeness (QED) is 0.179. The molecule has 0 N–H and O–H groups in total. The molecule has 49 heavy (non-hydrogen) atoms. The molecule has 6 aromatic heterocycles. The molecule has 0 saturated carbocycles. The van der Waals surface area contributed by atoms with Gasteiger partial charge >= 0.3 is 0 Å². The summed E-state index contributed by atoms with van der Waals surface area (Å²) in [5, 5.41) is 5.11. The Morgan fingerprint density at radius 2 is 1.20 bits per heavy atom. The van der Waals surface area contributed by atoms with Crippen LogP contribution < -0.4 is 0 Å². The Morgan fingerprint density at radius 3 is 2.02 bits per heavy atom. The molecule has 0 aliphatic heterocycles. The summed E-state index contributed by atoms with van der Waals surface area (Å²) in [6.45, 7) is 0. The van der Waals surface area contributed by atoms with Gasteiger partial charge < -0.3 is 4.42 Å². The predicted molar refractivity (Wildman–Crippen MR) is 195 cm³/mol. The smallest absolute Gasteiger partial charge is 0.227 e. The number of fused-ring (bicyclic) bond motifs is 8. The molecule has 0 radical (unpaired) electrons. The lowest BCUT2D eigenvalue weighted by Crippen LogP contribution is -1.93. The monoisotopic (exact) mass is 628 g/mol. The van der Waals surface area contributed by atoms with E-state index >= 15 is 0 Å². The summed E-state index contributed by atoms with van der Waals surface area (Å²) in [7, 11) is 0. The first-order valence-corrected chi connectivity index (χ1v) is 16.0. The molecule has 10 rings (SSSR count). The van der Waals surface area contributed by atoms with Gasteiger partial charge in [0.2, 0.25) is 5.89 Å². The summed E-state index contributed by atoms with van der Waals surface area (Å²) >= 11 is 0. The zero-order valence-electron chi connectivity index (χ0n) is 25.9. The van der Waals surface area contributed by atoms with Crippen LogP contribution in [0.2, 0.25) is 0 Å². The first-order valence-electron chi connectivity index (χ1n) is 16.0. The number of oxazole rings is 1. The largest absolute Gasteiger partial charge is 0.436 e. The van der Waals surface area contributed by atoms with Crippen molar-refractivity contribution in [2.24, 2.45) is 0 Å². The Bertz CT molecular complexity index is 2870. The molecule has 0 aliphatic carbocycles. The highest BCUT2D eigenvalue weighted by molar-refractivity contribution is 6.20. The van der Waals surface area contributed by atoms with Gasteiger partial charge in [0.1, 0.15) is 5.52 Å². The molecule has 0 aliphatic rings. The van der Waals surface area contributed by atoms with Crippen molar-refractivity contribution in [3.63, 3.8) is 0 Å². The summed E-state index contributed by atoms with van der Waals surface area (Å²) < 4.78 is 6.24. The van der Waals surface area contributed by atoms with Crippen LogP contribution in [0.15, 0.2) is 151 Å². The zero-order valence-corrected chi connectivity index (χ0v) is 25.9. The lowest BCUT2D eigenvalue weighted by Gasteiger charge is -2.11. The third kappa shape index (κ3) is 4.44. The van der Waals surface area contributed by atoms with Crippen molar-refractivity contribution >= 4 is 54.6 Å². The molecule has 7 heteroatoms. The molecule has 7 nitrogen and oxygen atoms in total. The van der Waals surface area contributed by atoms with Crippen molar-refractivity contribution in [2.45, 2.75) is 0 Å². The Balaban J connectivity index is 1.05. The Morgan fingerprint density at radius 1 is 0.469 bits per heavy atom. The van der Waals surface area contributed by atoms with E-state index in [0.29, 0.717) is 5.89 Å². The minimum atomic E-state index is 0.595. The van der Waals surface area contributed by atoms with Crippen molar-refractivity contribution < 1.29 is 4.42 Å². The second-order valence-electron chi connectivity index (χ2n) is 12.0. The normalized spacial score (nSPS) is 11.7. The van der Waals surface area contributed by atoms with Gasteiger partial charge in [0.25, 0.3) is 0 Å². The first-order chi connectivity index (χ1) is 24.3. The number of para-hydroxylation sites is 1. The fourth-order valence-electron chi connectivity index (χ4n) is 6.76. The summed E-state index contributed by atoms with van der Waals surface area (Å²) in [4.78, 5) is 29.0. The highest BCUT2D eigenvalue weighted by atomic mass is 16.3. The second kappa shape index (κ2) is 10.9. The number of rotatable bonds is 4. The van der Waals surface area contributed by atoms with Crippen molar-refractivity contribution in [3.8, 4) is 45.2 Å².